The van der Waals surface area contributed by atoms with Crippen molar-refractivity contribution in [3.05, 3.63) is 28.3 Å². The summed E-state index contributed by atoms with van der Waals surface area (Å²) in [5.41, 5.74) is 0.487. The molecule has 0 saturated carbocycles. The van der Waals surface area contributed by atoms with Crippen LogP contribution in [0.4, 0.5) is 11.4 Å². The predicted molar refractivity (Wildman–Crippen MR) is 78.8 cm³/mol. The number of hydrogen-bond donors (Lipinski definition) is 0. The molecule has 7 nitrogen and oxygen atoms in total. The fourth-order valence-corrected chi connectivity index (χ4v) is 1.85. The Hall–Kier alpha value is -2.31. The van der Waals surface area contributed by atoms with Crippen LogP contribution in [-0.2, 0) is 9.53 Å². The van der Waals surface area contributed by atoms with Crippen molar-refractivity contribution in [3.8, 4) is 5.75 Å². The number of benzene rings is 1. The van der Waals surface area contributed by atoms with Crippen molar-refractivity contribution in [2.45, 2.75) is 20.8 Å². The SMILES string of the molecule is CCOC(=O)CN(CC)c1cc(OCC)cc([N+](=O)[O-])c1. The number of carbonyl (C=O) groups is 1. The molecule has 0 aliphatic carbocycles. The third-order valence-corrected chi connectivity index (χ3v) is 2.77. The van der Waals surface area contributed by atoms with Crippen LogP contribution < -0.4 is 9.64 Å². The fraction of sp³-hybridized carbons (Fsp3) is 0.500. The first kappa shape index (κ1) is 16.7. The van der Waals surface area contributed by atoms with Crippen molar-refractivity contribution < 1.29 is 19.2 Å². The molecule has 0 aromatic heterocycles. The summed E-state index contributed by atoms with van der Waals surface area (Å²) in [4.78, 5) is 23.8. The maximum absolute atomic E-state index is 11.6. The number of nitro benzene ring substituents is 1. The molecule has 0 radical (unpaired) electrons. The van der Waals surface area contributed by atoms with Crippen molar-refractivity contribution in [1.82, 2.24) is 0 Å². The molecule has 1 aromatic rings. The predicted octanol–water partition coefficient (Wildman–Crippen LogP) is 2.38. The zero-order valence-electron chi connectivity index (χ0n) is 12.5. The monoisotopic (exact) mass is 296 g/mol. The second-order valence-corrected chi connectivity index (χ2v) is 4.19. The number of rotatable bonds is 8. The van der Waals surface area contributed by atoms with Crippen LogP contribution in [0.3, 0.4) is 0 Å². The second-order valence-electron chi connectivity index (χ2n) is 4.19. The Morgan fingerprint density at radius 3 is 2.48 bits per heavy atom. The molecule has 21 heavy (non-hydrogen) atoms. The lowest BCUT2D eigenvalue weighted by Crippen LogP contribution is -2.30. The van der Waals surface area contributed by atoms with E-state index in [1.165, 1.54) is 12.1 Å². The van der Waals surface area contributed by atoms with E-state index in [4.69, 9.17) is 9.47 Å². The molecule has 0 spiro atoms. The number of likely N-dealkylation sites (N-methyl/N-ethyl adjacent to an activating group) is 1. The quantitative estimate of drug-likeness (QED) is 0.416. The van der Waals surface area contributed by atoms with E-state index in [0.717, 1.165) is 0 Å². The molecule has 1 aromatic carbocycles. The average Bonchev–Trinajstić information content (AvgIpc) is 2.45. The molecule has 0 unspecified atom stereocenters. The Labute approximate surface area is 123 Å². The van der Waals surface area contributed by atoms with Crippen molar-refractivity contribution >= 4 is 17.3 Å². The summed E-state index contributed by atoms with van der Waals surface area (Å²) in [6, 6.07) is 4.47. The largest absolute Gasteiger partial charge is 0.494 e. The number of nitro groups is 1. The summed E-state index contributed by atoms with van der Waals surface area (Å²) in [6.07, 6.45) is 0. The number of non-ortho nitro benzene ring substituents is 1. The van der Waals surface area contributed by atoms with Crippen molar-refractivity contribution in [2.75, 3.05) is 31.2 Å². The number of carbonyl (C=O) groups excluding carboxylic acids is 1. The molecular weight excluding hydrogens is 276 g/mol. The Morgan fingerprint density at radius 2 is 1.95 bits per heavy atom. The Kier molecular flexibility index (Phi) is 6.45. The van der Waals surface area contributed by atoms with E-state index in [1.807, 2.05) is 6.92 Å². The first-order valence-electron chi connectivity index (χ1n) is 6.84. The van der Waals surface area contributed by atoms with Gasteiger partial charge in [0, 0.05) is 24.4 Å². The van der Waals surface area contributed by atoms with Gasteiger partial charge in [0.2, 0.25) is 0 Å². The highest BCUT2D eigenvalue weighted by molar-refractivity contribution is 5.76. The van der Waals surface area contributed by atoms with Gasteiger partial charge in [-0.3, -0.25) is 14.9 Å². The molecule has 0 bridgehead atoms. The molecule has 0 saturated heterocycles. The normalized spacial score (nSPS) is 10.0. The van der Waals surface area contributed by atoms with Gasteiger partial charge in [0.15, 0.2) is 0 Å². The van der Waals surface area contributed by atoms with Gasteiger partial charge in [-0.1, -0.05) is 0 Å². The van der Waals surface area contributed by atoms with Gasteiger partial charge in [-0.15, -0.1) is 0 Å². The minimum atomic E-state index is -0.482. The molecule has 116 valence electrons. The lowest BCUT2D eigenvalue weighted by molar-refractivity contribution is -0.384. The van der Waals surface area contributed by atoms with Crippen LogP contribution in [0.2, 0.25) is 0 Å². The van der Waals surface area contributed by atoms with Gasteiger partial charge in [0.05, 0.1) is 24.2 Å². The molecule has 1 rings (SSSR count). The summed E-state index contributed by atoms with van der Waals surface area (Å²) >= 11 is 0. The van der Waals surface area contributed by atoms with Crippen LogP contribution in [0, 0.1) is 10.1 Å². The zero-order chi connectivity index (χ0) is 15.8. The van der Waals surface area contributed by atoms with Gasteiger partial charge in [0.25, 0.3) is 5.69 Å². The fourth-order valence-electron chi connectivity index (χ4n) is 1.85. The standard InChI is InChI=1S/C14H20N2O5/c1-4-15(10-14(17)21-6-3)11-7-12(16(18)19)9-13(8-11)20-5-2/h7-9H,4-6,10H2,1-3H3. The van der Waals surface area contributed by atoms with Crippen LogP contribution in [-0.4, -0.2) is 37.2 Å². The van der Waals surface area contributed by atoms with E-state index in [1.54, 1.807) is 24.8 Å². The van der Waals surface area contributed by atoms with Crippen molar-refractivity contribution in [2.24, 2.45) is 0 Å². The molecule has 0 fully saturated rings. The van der Waals surface area contributed by atoms with Gasteiger partial charge < -0.3 is 14.4 Å². The number of esters is 1. The number of ether oxygens (including phenoxy) is 2. The van der Waals surface area contributed by atoms with E-state index < -0.39 is 4.92 Å². The summed E-state index contributed by atoms with van der Waals surface area (Å²) in [7, 11) is 0. The summed E-state index contributed by atoms with van der Waals surface area (Å²) in [6.45, 7) is 6.66. The maximum Gasteiger partial charge on any atom is 0.325 e. The summed E-state index contributed by atoms with van der Waals surface area (Å²) in [5.74, 6) is 0.0350. The van der Waals surface area contributed by atoms with E-state index in [-0.39, 0.29) is 18.2 Å². The molecule has 0 aliphatic heterocycles. The lowest BCUT2D eigenvalue weighted by Gasteiger charge is -2.22. The van der Waals surface area contributed by atoms with E-state index in [9.17, 15) is 14.9 Å². The number of anilines is 1. The van der Waals surface area contributed by atoms with E-state index in [0.29, 0.717) is 31.2 Å². The number of nitrogens with zero attached hydrogens (tertiary/aromatic N) is 2. The highest BCUT2D eigenvalue weighted by atomic mass is 16.6. The van der Waals surface area contributed by atoms with Crippen LogP contribution in [0.15, 0.2) is 18.2 Å². The Morgan fingerprint density at radius 1 is 1.24 bits per heavy atom. The van der Waals surface area contributed by atoms with Crippen molar-refractivity contribution in [1.29, 1.82) is 0 Å². The molecule has 0 N–H and O–H groups in total. The third kappa shape index (κ3) is 4.94. The van der Waals surface area contributed by atoms with Crippen LogP contribution in [0.25, 0.3) is 0 Å². The van der Waals surface area contributed by atoms with Gasteiger partial charge in [-0.25, -0.2) is 0 Å². The first-order chi connectivity index (χ1) is 10.0. The highest BCUT2D eigenvalue weighted by Crippen LogP contribution is 2.28. The minimum absolute atomic E-state index is 0.0388. The topological polar surface area (TPSA) is 81.9 Å². The molecule has 0 heterocycles. The molecular formula is C14H20N2O5. The average molecular weight is 296 g/mol. The van der Waals surface area contributed by atoms with Crippen LogP contribution >= 0.6 is 0 Å². The zero-order valence-corrected chi connectivity index (χ0v) is 12.5. The van der Waals surface area contributed by atoms with Gasteiger partial charge >= 0.3 is 5.97 Å². The molecule has 0 atom stereocenters. The van der Waals surface area contributed by atoms with E-state index >= 15 is 0 Å². The van der Waals surface area contributed by atoms with Gasteiger partial charge in [0.1, 0.15) is 12.3 Å². The summed E-state index contributed by atoms with van der Waals surface area (Å²) in [5, 5.41) is 11.0. The Balaban J connectivity index is 3.06. The maximum atomic E-state index is 11.6. The smallest absolute Gasteiger partial charge is 0.325 e. The highest BCUT2D eigenvalue weighted by Gasteiger charge is 2.16. The van der Waals surface area contributed by atoms with Crippen molar-refractivity contribution in [3.63, 3.8) is 0 Å². The van der Waals surface area contributed by atoms with E-state index in [2.05, 4.69) is 0 Å². The third-order valence-electron chi connectivity index (χ3n) is 2.77. The number of hydrogen-bond acceptors (Lipinski definition) is 6. The molecule has 7 heteroatoms. The lowest BCUT2D eigenvalue weighted by atomic mass is 10.2. The van der Waals surface area contributed by atoms with Gasteiger partial charge in [-0.05, 0) is 20.8 Å². The van der Waals surface area contributed by atoms with Crippen LogP contribution in [0.5, 0.6) is 5.75 Å². The van der Waals surface area contributed by atoms with Gasteiger partial charge in [-0.2, -0.15) is 0 Å². The Bertz CT molecular complexity index is 504. The van der Waals surface area contributed by atoms with Crippen LogP contribution in [0.1, 0.15) is 20.8 Å². The molecule has 0 aliphatic rings. The minimum Gasteiger partial charge on any atom is -0.494 e. The first-order valence-corrected chi connectivity index (χ1v) is 6.84. The molecule has 0 amide bonds. The second kappa shape index (κ2) is 8.08. The summed E-state index contributed by atoms with van der Waals surface area (Å²) < 4.78 is 10.2.